The van der Waals surface area contributed by atoms with Crippen LogP contribution >= 0.6 is 23.5 Å². The molecule has 0 saturated carbocycles. The maximum absolute atomic E-state index is 11.2. The molecule has 62 valence electrons. The first-order chi connectivity index (χ1) is 5.81. The van der Waals surface area contributed by atoms with Gasteiger partial charge in [-0.3, -0.25) is 4.79 Å². The van der Waals surface area contributed by atoms with Gasteiger partial charge in [0.05, 0.1) is 5.75 Å². The fourth-order valence-electron chi connectivity index (χ4n) is 1.20. The van der Waals surface area contributed by atoms with E-state index in [4.69, 9.17) is 0 Å². The van der Waals surface area contributed by atoms with Gasteiger partial charge in [0.1, 0.15) is 0 Å². The van der Waals surface area contributed by atoms with Crippen LogP contribution in [-0.4, -0.2) is 17.8 Å². The Morgan fingerprint density at radius 2 is 2.33 bits per heavy atom. The lowest BCUT2D eigenvalue weighted by molar-refractivity contribution is 0.102. The lowest BCUT2D eigenvalue weighted by atomic mass is 10.2. The van der Waals surface area contributed by atoms with Gasteiger partial charge in [-0.05, 0) is 24.5 Å². The number of Topliss-reactive ketones (excluding diaryl/α,β-unsaturated/α-hetero) is 1. The number of carbonyl (C=O) groups is 1. The van der Waals surface area contributed by atoms with Crippen molar-refractivity contribution in [1.29, 1.82) is 0 Å². The highest BCUT2D eigenvalue weighted by Crippen LogP contribution is 2.33. The summed E-state index contributed by atoms with van der Waals surface area (Å²) >= 11 is 3.35. The quantitative estimate of drug-likeness (QED) is 0.643. The van der Waals surface area contributed by atoms with Gasteiger partial charge in [0, 0.05) is 15.4 Å². The number of benzene rings is 1. The van der Waals surface area contributed by atoms with Crippen molar-refractivity contribution in [2.45, 2.75) is 9.79 Å². The summed E-state index contributed by atoms with van der Waals surface area (Å²) in [6.45, 7) is 0. The molecule has 1 heterocycles. The van der Waals surface area contributed by atoms with Gasteiger partial charge in [-0.15, -0.1) is 23.5 Å². The first kappa shape index (κ1) is 8.20. The molecule has 0 aromatic heterocycles. The molecule has 1 aliphatic rings. The van der Waals surface area contributed by atoms with Gasteiger partial charge in [-0.25, -0.2) is 0 Å². The molecule has 0 amide bonds. The zero-order chi connectivity index (χ0) is 8.55. The normalized spacial score (nSPS) is 14.9. The summed E-state index contributed by atoms with van der Waals surface area (Å²) in [5, 5.41) is 0. The highest BCUT2D eigenvalue weighted by Gasteiger charge is 2.19. The van der Waals surface area contributed by atoms with Crippen molar-refractivity contribution >= 4 is 29.3 Å². The topological polar surface area (TPSA) is 17.1 Å². The molecule has 0 fully saturated rings. The van der Waals surface area contributed by atoms with Crippen LogP contribution in [0.3, 0.4) is 0 Å². The van der Waals surface area contributed by atoms with Crippen molar-refractivity contribution in [1.82, 2.24) is 0 Å². The number of rotatable bonds is 1. The van der Waals surface area contributed by atoms with Crippen LogP contribution in [0.15, 0.2) is 28.0 Å². The maximum atomic E-state index is 11.2. The summed E-state index contributed by atoms with van der Waals surface area (Å²) in [6.07, 6.45) is 2.04. The number of hydrogen-bond acceptors (Lipinski definition) is 3. The third kappa shape index (κ3) is 1.27. The molecular weight excluding hydrogens is 188 g/mol. The van der Waals surface area contributed by atoms with Gasteiger partial charge in [0.2, 0.25) is 0 Å². The summed E-state index contributed by atoms with van der Waals surface area (Å²) < 4.78 is 0. The molecule has 1 aromatic carbocycles. The molecule has 0 atom stereocenters. The summed E-state index contributed by atoms with van der Waals surface area (Å²) in [6, 6.07) is 6.03. The minimum absolute atomic E-state index is 0.266. The van der Waals surface area contributed by atoms with E-state index in [1.165, 1.54) is 4.90 Å². The minimum atomic E-state index is 0.266. The lowest BCUT2D eigenvalue weighted by Gasteiger charge is -1.98. The van der Waals surface area contributed by atoms with Crippen LogP contribution in [0.25, 0.3) is 0 Å². The first-order valence-electron chi connectivity index (χ1n) is 3.65. The van der Waals surface area contributed by atoms with Crippen LogP contribution in [0.2, 0.25) is 0 Å². The predicted molar refractivity (Wildman–Crippen MR) is 53.3 cm³/mol. The summed E-state index contributed by atoms with van der Waals surface area (Å²) in [7, 11) is 0. The van der Waals surface area contributed by atoms with Gasteiger partial charge in [0.15, 0.2) is 5.78 Å². The summed E-state index contributed by atoms with van der Waals surface area (Å²) in [4.78, 5) is 13.6. The van der Waals surface area contributed by atoms with Crippen molar-refractivity contribution in [2.75, 3.05) is 12.0 Å². The molecule has 0 N–H and O–H groups in total. The van der Waals surface area contributed by atoms with E-state index >= 15 is 0 Å². The Labute approximate surface area is 79.9 Å². The average Bonchev–Trinajstić information content (AvgIpc) is 2.47. The van der Waals surface area contributed by atoms with Crippen LogP contribution in [0, 0.1) is 0 Å². The maximum Gasteiger partial charge on any atom is 0.174 e. The number of carbonyl (C=O) groups excluding carboxylic acids is 1. The molecule has 0 aliphatic carbocycles. The van der Waals surface area contributed by atoms with Crippen LogP contribution in [0.5, 0.6) is 0 Å². The lowest BCUT2D eigenvalue weighted by Crippen LogP contribution is -1.93. The molecule has 0 saturated heterocycles. The van der Waals surface area contributed by atoms with E-state index in [9.17, 15) is 4.79 Å². The largest absolute Gasteiger partial charge is 0.293 e. The zero-order valence-corrected chi connectivity index (χ0v) is 8.30. The van der Waals surface area contributed by atoms with Crippen molar-refractivity contribution in [2.24, 2.45) is 0 Å². The molecule has 0 radical (unpaired) electrons. The van der Waals surface area contributed by atoms with Gasteiger partial charge >= 0.3 is 0 Å². The molecule has 0 bridgehead atoms. The van der Waals surface area contributed by atoms with E-state index in [2.05, 4.69) is 6.07 Å². The molecule has 3 heteroatoms. The molecule has 12 heavy (non-hydrogen) atoms. The van der Waals surface area contributed by atoms with Crippen molar-refractivity contribution in [3.8, 4) is 0 Å². The van der Waals surface area contributed by atoms with Gasteiger partial charge in [0.25, 0.3) is 0 Å². The summed E-state index contributed by atoms with van der Waals surface area (Å²) in [5.74, 6) is 0.885. The third-order valence-corrected chi connectivity index (χ3v) is 3.63. The summed E-state index contributed by atoms with van der Waals surface area (Å²) in [5.41, 5.74) is 0.901. The Morgan fingerprint density at radius 1 is 1.50 bits per heavy atom. The van der Waals surface area contributed by atoms with Crippen LogP contribution in [0.4, 0.5) is 0 Å². The SMILES string of the molecule is CSc1ccc2c(c1)SCC2=O. The second kappa shape index (κ2) is 3.15. The molecule has 2 rings (SSSR count). The minimum Gasteiger partial charge on any atom is -0.293 e. The van der Waals surface area contributed by atoms with E-state index in [1.807, 2.05) is 18.4 Å². The molecule has 0 unspecified atom stereocenters. The molecule has 1 aromatic rings. The predicted octanol–water partition coefficient (Wildman–Crippen LogP) is 2.70. The van der Waals surface area contributed by atoms with Crippen molar-refractivity contribution in [3.05, 3.63) is 23.8 Å². The fraction of sp³-hybridized carbons (Fsp3) is 0.222. The van der Waals surface area contributed by atoms with Crippen LogP contribution < -0.4 is 0 Å². The Hall–Kier alpha value is -0.410. The molecule has 1 aliphatic heterocycles. The van der Waals surface area contributed by atoms with Crippen LogP contribution in [0.1, 0.15) is 10.4 Å². The first-order valence-corrected chi connectivity index (χ1v) is 5.86. The van der Waals surface area contributed by atoms with Crippen molar-refractivity contribution in [3.63, 3.8) is 0 Å². The van der Waals surface area contributed by atoms with Gasteiger partial charge in [-0.2, -0.15) is 0 Å². The second-order valence-corrected chi connectivity index (χ2v) is 4.47. The average molecular weight is 196 g/mol. The van der Waals surface area contributed by atoms with E-state index in [1.54, 1.807) is 23.5 Å². The zero-order valence-electron chi connectivity index (χ0n) is 6.66. The molecule has 0 spiro atoms. The molecule has 1 nitrogen and oxygen atoms in total. The fourth-order valence-corrected chi connectivity index (χ4v) is 2.70. The Morgan fingerprint density at radius 3 is 3.08 bits per heavy atom. The van der Waals surface area contributed by atoms with E-state index in [0.29, 0.717) is 5.75 Å². The second-order valence-electron chi connectivity index (χ2n) is 2.57. The Kier molecular flexibility index (Phi) is 2.15. The monoisotopic (exact) mass is 196 g/mol. The van der Waals surface area contributed by atoms with E-state index in [-0.39, 0.29) is 5.78 Å². The smallest absolute Gasteiger partial charge is 0.174 e. The van der Waals surface area contributed by atoms with Crippen molar-refractivity contribution < 1.29 is 4.79 Å². The van der Waals surface area contributed by atoms with E-state index in [0.717, 1.165) is 10.5 Å². The molecular formula is C9H8OS2. The third-order valence-electron chi connectivity index (χ3n) is 1.85. The van der Waals surface area contributed by atoms with E-state index < -0.39 is 0 Å². The number of fused-ring (bicyclic) bond motifs is 1. The van der Waals surface area contributed by atoms with Crippen LogP contribution in [-0.2, 0) is 0 Å². The number of hydrogen-bond donors (Lipinski definition) is 0. The van der Waals surface area contributed by atoms with Gasteiger partial charge < -0.3 is 0 Å². The Balaban J connectivity index is 2.48. The number of ketones is 1. The van der Waals surface area contributed by atoms with Gasteiger partial charge in [-0.1, -0.05) is 0 Å². The standard InChI is InChI=1S/C9H8OS2/c1-11-6-2-3-7-8(10)5-12-9(7)4-6/h2-4H,5H2,1H3. The highest BCUT2D eigenvalue weighted by molar-refractivity contribution is 8.00. The highest BCUT2D eigenvalue weighted by atomic mass is 32.2. The Bertz CT molecular complexity index is 333. The number of thioether (sulfide) groups is 2.